The lowest BCUT2D eigenvalue weighted by atomic mass is 9.99. The van der Waals surface area contributed by atoms with Crippen molar-refractivity contribution in [1.82, 2.24) is 0 Å². The fourth-order valence-corrected chi connectivity index (χ4v) is 4.63. The smallest absolute Gasteiger partial charge is 0.186 e. The van der Waals surface area contributed by atoms with Gasteiger partial charge >= 0.3 is 0 Å². The molecule has 12 atom stereocenters. The van der Waals surface area contributed by atoms with E-state index in [1.165, 1.54) is 0 Å². The molecule has 0 bridgehead atoms. The Hall–Kier alpha value is -0.820. The van der Waals surface area contributed by atoms with Crippen molar-refractivity contribution in [1.29, 1.82) is 0 Å². The van der Waals surface area contributed by atoms with Gasteiger partial charge in [-0.3, -0.25) is 0 Å². The maximum absolute atomic E-state index is 10.1. The third-order valence-corrected chi connectivity index (χ3v) is 6.92. The molecule has 0 saturated carbocycles. The van der Waals surface area contributed by atoms with E-state index in [0.29, 0.717) is 38.9 Å². The van der Waals surface area contributed by atoms with E-state index in [2.05, 4.69) is 0 Å². The van der Waals surface area contributed by atoms with Crippen molar-refractivity contribution in [3.05, 3.63) is 12.2 Å². The predicted molar refractivity (Wildman–Crippen MR) is 127 cm³/mol. The van der Waals surface area contributed by atoms with Gasteiger partial charge in [-0.05, 0) is 25.7 Å². The van der Waals surface area contributed by atoms with Crippen LogP contribution in [0.2, 0.25) is 0 Å². The molecule has 0 amide bonds. The number of ether oxygens (including phenoxy) is 6. The molecular formula is C24H42O14. The summed E-state index contributed by atoms with van der Waals surface area (Å²) in [6.07, 6.45) is -8.07. The fourth-order valence-electron chi connectivity index (χ4n) is 4.63. The highest BCUT2D eigenvalue weighted by Gasteiger charge is 2.45. The summed E-state index contributed by atoms with van der Waals surface area (Å²) in [4.78, 5) is 0. The Morgan fingerprint density at radius 3 is 1.32 bits per heavy atom. The Balaban J connectivity index is 1.43. The summed E-state index contributed by atoms with van der Waals surface area (Å²) in [5, 5.41) is 78.3. The van der Waals surface area contributed by atoms with Gasteiger partial charge in [-0.2, -0.15) is 0 Å². The fraction of sp³-hybridized carbons (Fsp3) is 0.917. The van der Waals surface area contributed by atoms with E-state index in [0.717, 1.165) is 0 Å². The zero-order valence-corrected chi connectivity index (χ0v) is 21.2. The summed E-state index contributed by atoms with van der Waals surface area (Å²) in [5.41, 5.74) is 0. The molecule has 8 N–H and O–H groups in total. The Morgan fingerprint density at radius 2 is 0.947 bits per heavy atom. The quantitative estimate of drug-likeness (QED) is 0.0868. The van der Waals surface area contributed by atoms with Gasteiger partial charge in [0.25, 0.3) is 0 Å². The molecule has 14 nitrogen and oxygen atoms in total. The normalized spacial score (nSPS) is 43.4. The van der Waals surface area contributed by atoms with E-state index in [9.17, 15) is 40.9 Å². The van der Waals surface area contributed by atoms with Crippen LogP contribution in [0.4, 0.5) is 0 Å². The van der Waals surface area contributed by atoms with Gasteiger partial charge in [0, 0.05) is 13.2 Å². The molecule has 0 aromatic rings. The second-order valence-corrected chi connectivity index (χ2v) is 9.64. The summed E-state index contributed by atoms with van der Waals surface area (Å²) < 4.78 is 33.7. The number of rotatable bonds is 12. The number of hydrogen-bond acceptors (Lipinski definition) is 14. The molecule has 0 aliphatic carbocycles. The Bertz CT molecular complexity index is 637. The van der Waals surface area contributed by atoms with E-state index in [4.69, 9.17) is 28.4 Å². The molecule has 222 valence electrons. The zero-order valence-electron chi connectivity index (χ0n) is 21.2. The van der Waals surface area contributed by atoms with Gasteiger partial charge in [0.2, 0.25) is 0 Å². The molecule has 3 rings (SSSR count). The van der Waals surface area contributed by atoms with Crippen LogP contribution in [0.15, 0.2) is 12.2 Å². The van der Waals surface area contributed by atoms with Crippen LogP contribution in [-0.2, 0) is 28.4 Å². The highest BCUT2D eigenvalue weighted by Crippen LogP contribution is 2.24. The van der Waals surface area contributed by atoms with Crippen LogP contribution in [-0.4, -0.2) is 154 Å². The van der Waals surface area contributed by atoms with E-state index in [-0.39, 0.29) is 25.4 Å². The number of hydrogen-bond donors (Lipinski definition) is 8. The molecule has 38 heavy (non-hydrogen) atoms. The third kappa shape index (κ3) is 8.34. The summed E-state index contributed by atoms with van der Waals surface area (Å²) in [7, 11) is 0. The maximum Gasteiger partial charge on any atom is 0.186 e. The van der Waals surface area contributed by atoms with Gasteiger partial charge in [-0.25, -0.2) is 0 Å². The Kier molecular flexibility index (Phi) is 13.2. The van der Waals surface area contributed by atoms with Gasteiger partial charge < -0.3 is 69.3 Å². The highest BCUT2D eigenvalue weighted by atomic mass is 16.7. The van der Waals surface area contributed by atoms with Gasteiger partial charge in [0.1, 0.15) is 48.8 Å². The van der Waals surface area contributed by atoms with Crippen molar-refractivity contribution in [3.8, 4) is 0 Å². The monoisotopic (exact) mass is 554 g/mol. The first-order chi connectivity index (χ1) is 18.3. The van der Waals surface area contributed by atoms with Gasteiger partial charge in [0.05, 0.1) is 38.6 Å². The number of aliphatic hydroxyl groups is 8. The van der Waals surface area contributed by atoms with Crippen LogP contribution < -0.4 is 0 Å². The minimum Gasteiger partial charge on any atom is -0.394 e. The maximum atomic E-state index is 10.1. The third-order valence-electron chi connectivity index (χ3n) is 6.92. The average Bonchev–Trinajstić information content (AvgIpc) is 2.90. The largest absolute Gasteiger partial charge is 0.394 e. The minimum absolute atomic E-state index is 0.158. The second kappa shape index (κ2) is 15.8. The molecule has 0 spiro atoms. The van der Waals surface area contributed by atoms with Crippen molar-refractivity contribution < 1.29 is 69.3 Å². The van der Waals surface area contributed by atoms with Crippen molar-refractivity contribution >= 4 is 0 Å². The molecule has 14 heteroatoms. The van der Waals surface area contributed by atoms with Crippen LogP contribution in [0.1, 0.15) is 25.7 Å². The first-order valence-corrected chi connectivity index (χ1v) is 13.0. The summed E-state index contributed by atoms with van der Waals surface area (Å²) in [6.45, 7) is 0.0519. The molecule has 0 radical (unpaired) electrons. The van der Waals surface area contributed by atoms with Gasteiger partial charge in [0.15, 0.2) is 12.6 Å². The molecule has 3 heterocycles. The summed E-state index contributed by atoms with van der Waals surface area (Å²) in [6, 6.07) is 0. The molecule has 0 aromatic heterocycles. The Labute approximate surface area is 220 Å². The van der Waals surface area contributed by atoms with E-state index < -0.39 is 74.6 Å². The molecule has 0 aromatic carbocycles. The van der Waals surface area contributed by atoms with Gasteiger partial charge in [-0.15, -0.1) is 0 Å². The van der Waals surface area contributed by atoms with Crippen LogP contribution in [0.5, 0.6) is 0 Å². The van der Waals surface area contributed by atoms with Crippen molar-refractivity contribution in [2.45, 2.75) is 99.3 Å². The van der Waals surface area contributed by atoms with Crippen molar-refractivity contribution in [2.75, 3.05) is 39.6 Å². The van der Waals surface area contributed by atoms with Crippen LogP contribution in [0.3, 0.4) is 0 Å². The summed E-state index contributed by atoms with van der Waals surface area (Å²) >= 11 is 0. The van der Waals surface area contributed by atoms with Crippen molar-refractivity contribution in [3.63, 3.8) is 0 Å². The van der Waals surface area contributed by atoms with E-state index in [1.807, 2.05) is 12.2 Å². The van der Waals surface area contributed by atoms with Gasteiger partial charge in [-0.1, -0.05) is 12.2 Å². The predicted octanol–water partition coefficient (Wildman–Crippen LogP) is -3.48. The Morgan fingerprint density at radius 1 is 0.553 bits per heavy atom. The molecule has 2 fully saturated rings. The van der Waals surface area contributed by atoms with Crippen LogP contribution in [0, 0.1) is 0 Å². The SMILES string of the molecule is OC[C@H]1O[C@H](OCCC[C@H]2OC/C=C\CO[C@@H]2CCCO[C@H]2O[C@H](CO)[C@@H](O)[C@H](O)[C@@H]2O)[C@@H](O)[C@@H](O)[C@@H]1O. The lowest BCUT2D eigenvalue weighted by Crippen LogP contribution is -2.59. The number of aliphatic hydroxyl groups excluding tert-OH is 8. The van der Waals surface area contributed by atoms with Crippen molar-refractivity contribution in [2.24, 2.45) is 0 Å². The zero-order chi connectivity index (χ0) is 27.7. The topological polar surface area (TPSA) is 217 Å². The van der Waals surface area contributed by atoms with Crippen LogP contribution >= 0.6 is 0 Å². The lowest BCUT2D eigenvalue weighted by molar-refractivity contribution is -0.301. The minimum atomic E-state index is -1.50. The average molecular weight is 555 g/mol. The molecule has 3 aliphatic rings. The molecule has 0 unspecified atom stereocenters. The van der Waals surface area contributed by atoms with Crippen LogP contribution in [0.25, 0.3) is 0 Å². The first-order valence-electron chi connectivity index (χ1n) is 13.0. The van der Waals surface area contributed by atoms with E-state index >= 15 is 0 Å². The molecule has 2 saturated heterocycles. The lowest BCUT2D eigenvalue weighted by Gasteiger charge is -2.39. The first kappa shape index (κ1) is 31.7. The highest BCUT2D eigenvalue weighted by molar-refractivity contribution is 4.90. The summed E-state index contributed by atoms with van der Waals surface area (Å²) in [5.74, 6) is 0. The standard InChI is InChI=1S/C24H42O14/c25-11-15-17(27)19(29)21(31)23(37-15)35-9-3-5-13-14(34-8-2-1-7-33-13)6-4-10-36-24-22(32)20(30)18(28)16(12-26)38-24/h1-2,13-32H,3-12H2/b2-1-/t13-,14-,15-,16-,17-,18-,19+,20+,21+,22+,23+,24+/m1/s1. The molecular weight excluding hydrogens is 512 g/mol. The molecule has 3 aliphatic heterocycles. The second-order valence-electron chi connectivity index (χ2n) is 9.64. The van der Waals surface area contributed by atoms with E-state index in [1.54, 1.807) is 0 Å².